The first-order valence-electron chi connectivity index (χ1n) is 10.3. The first-order chi connectivity index (χ1) is 14.2. The van der Waals surface area contributed by atoms with E-state index in [2.05, 4.69) is 17.4 Å². The van der Waals surface area contributed by atoms with Crippen molar-refractivity contribution in [2.45, 2.75) is 45.4 Å². The molecule has 1 saturated heterocycles. The quantitative estimate of drug-likeness (QED) is 0.713. The van der Waals surface area contributed by atoms with Gasteiger partial charge in [-0.25, -0.2) is 12.7 Å². The maximum Gasteiger partial charge on any atom is 0.223 e. The highest BCUT2D eigenvalue weighted by molar-refractivity contribution is 7.88. The Morgan fingerprint density at radius 1 is 1.17 bits per heavy atom. The van der Waals surface area contributed by atoms with Gasteiger partial charge in [0.25, 0.3) is 0 Å². The van der Waals surface area contributed by atoms with Crippen molar-refractivity contribution < 1.29 is 13.2 Å². The molecule has 0 bridgehead atoms. The molecule has 1 aliphatic rings. The summed E-state index contributed by atoms with van der Waals surface area (Å²) < 4.78 is 27.0. The zero-order valence-electron chi connectivity index (χ0n) is 17.7. The molecule has 7 heteroatoms. The third kappa shape index (κ3) is 5.62. The molecule has 1 fully saturated rings. The van der Waals surface area contributed by atoms with Gasteiger partial charge in [-0.1, -0.05) is 47.5 Å². The summed E-state index contributed by atoms with van der Waals surface area (Å²) in [5.74, 6) is -0.251. The van der Waals surface area contributed by atoms with E-state index in [1.807, 2.05) is 26.8 Å². The van der Waals surface area contributed by atoms with Crippen LogP contribution in [-0.4, -0.2) is 31.7 Å². The van der Waals surface area contributed by atoms with Gasteiger partial charge < -0.3 is 5.32 Å². The number of carbonyl (C=O) groups is 1. The van der Waals surface area contributed by atoms with Gasteiger partial charge in [0.15, 0.2) is 0 Å². The molecule has 0 spiro atoms. The van der Waals surface area contributed by atoms with Crippen molar-refractivity contribution in [3.63, 3.8) is 0 Å². The van der Waals surface area contributed by atoms with E-state index in [1.54, 1.807) is 24.3 Å². The van der Waals surface area contributed by atoms with E-state index >= 15 is 0 Å². The van der Waals surface area contributed by atoms with Gasteiger partial charge in [0, 0.05) is 24.0 Å². The Morgan fingerprint density at radius 2 is 1.87 bits per heavy atom. The van der Waals surface area contributed by atoms with E-state index < -0.39 is 10.0 Å². The maximum absolute atomic E-state index is 12.8. The van der Waals surface area contributed by atoms with Crippen LogP contribution < -0.4 is 5.32 Å². The van der Waals surface area contributed by atoms with Crippen LogP contribution in [0.5, 0.6) is 0 Å². The van der Waals surface area contributed by atoms with Gasteiger partial charge in [0.05, 0.1) is 11.8 Å². The van der Waals surface area contributed by atoms with Crippen molar-refractivity contribution >= 4 is 27.5 Å². The second-order valence-electron chi connectivity index (χ2n) is 8.15. The number of halogens is 1. The van der Waals surface area contributed by atoms with Crippen molar-refractivity contribution in [2.24, 2.45) is 5.92 Å². The topological polar surface area (TPSA) is 66.5 Å². The summed E-state index contributed by atoms with van der Waals surface area (Å²) in [5.41, 5.74) is 4.13. The second-order valence-corrected chi connectivity index (χ2v) is 10.6. The third-order valence-electron chi connectivity index (χ3n) is 5.71. The van der Waals surface area contributed by atoms with Gasteiger partial charge in [-0.05, 0) is 62.4 Å². The number of aryl methyl sites for hydroxylation is 2. The van der Waals surface area contributed by atoms with Crippen LogP contribution in [-0.2, 0) is 20.6 Å². The SMILES string of the molecule is Cc1ccc(C(C)NC(=O)C2CCN(S(=O)(=O)Cc3cccc(Cl)c3)CC2)c(C)c1. The molecule has 1 amide bonds. The highest BCUT2D eigenvalue weighted by Crippen LogP contribution is 2.24. The summed E-state index contributed by atoms with van der Waals surface area (Å²) in [4.78, 5) is 12.8. The van der Waals surface area contributed by atoms with Gasteiger partial charge >= 0.3 is 0 Å². The highest BCUT2D eigenvalue weighted by atomic mass is 35.5. The average Bonchev–Trinajstić information content (AvgIpc) is 2.67. The Bertz CT molecular complexity index is 1010. The summed E-state index contributed by atoms with van der Waals surface area (Å²) in [6.45, 7) is 6.81. The maximum atomic E-state index is 12.8. The van der Waals surface area contributed by atoms with Crippen LogP contribution in [0.3, 0.4) is 0 Å². The predicted octanol–water partition coefficient (Wildman–Crippen LogP) is 4.38. The van der Waals surface area contributed by atoms with Crippen LogP contribution in [0.25, 0.3) is 0 Å². The molecule has 1 N–H and O–H groups in total. The molecule has 2 aromatic rings. The number of nitrogens with zero attached hydrogens (tertiary/aromatic N) is 1. The van der Waals surface area contributed by atoms with E-state index in [9.17, 15) is 13.2 Å². The molecule has 0 saturated carbocycles. The van der Waals surface area contributed by atoms with Crippen LogP contribution in [0.4, 0.5) is 0 Å². The average molecular weight is 449 g/mol. The molecule has 1 unspecified atom stereocenters. The Morgan fingerprint density at radius 3 is 2.50 bits per heavy atom. The minimum atomic E-state index is -3.44. The molecule has 2 aromatic carbocycles. The van der Waals surface area contributed by atoms with Crippen LogP contribution in [0, 0.1) is 19.8 Å². The zero-order chi connectivity index (χ0) is 21.9. The third-order valence-corrected chi connectivity index (χ3v) is 7.79. The summed E-state index contributed by atoms with van der Waals surface area (Å²) in [7, 11) is -3.44. The summed E-state index contributed by atoms with van der Waals surface area (Å²) in [6, 6.07) is 13.0. The van der Waals surface area contributed by atoms with Crippen LogP contribution in [0.15, 0.2) is 42.5 Å². The summed E-state index contributed by atoms with van der Waals surface area (Å²) >= 11 is 5.96. The number of hydrogen-bond donors (Lipinski definition) is 1. The molecule has 1 heterocycles. The molecule has 1 aliphatic heterocycles. The summed E-state index contributed by atoms with van der Waals surface area (Å²) in [5, 5.41) is 3.63. The fourth-order valence-electron chi connectivity index (χ4n) is 4.05. The zero-order valence-corrected chi connectivity index (χ0v) is 19.3. The van der Waals surface area contributed by atoms with E-state index in [0.29, 0.717) is 36.5 Å². The molecular formula is C23H29ClN2O3S. The molecule has 0 aliphatic carbocycles. The lowest BCUT2D eigenvalue weighted by molar-refractivity contribution is -0.126. The normalized spacial score (nSPS) is 16.9. The van der Waals surface area contributed by atoms with E-state index in [-0.39, 0.29) is 23.6 Å². The van der Waals surface area contributed by atoms with Gasteiger partial charge in [0.1, 0.15) is 0 Å². The fourth-order valence-corrected chi connectivity index (χ4v) is 5.81. The first kappa shape index (κ1) is 22.8. The number of rotatable bonds is 6. The van der Waals surface area contributed by atoms with Crippen molar-refractivity contribution in [3.05, 3.63) is 69.7 Å². The molecule has 1 atom stereocenters. The molecule has 162 valence electrons. The number of carbonyl (C=O) groups excluding carboxylic acids is 1. The number of benzene rings is 2. The molecule has 0 radical (unpaired) electrons. The van der Waals surface area contributed by atoms with Crippen molar-refractivity contribution in [2.75, 3.05) is 13.1 Å². The van der Waals surface area contributed by atoms with Crippen LogP contribution in [0.1, 0.15) is 48.1 Å². The van der Waals surface area contributed by atoms with Gasteiger partial charge in [-0.15, -0.1) is 0 Å². The first-order valence-corrected chi connectivity index (χ1v) is 12.2. The van der Waals surface area contributed by atoms with Gasteiger partial charge in [0.2, 0.25) is 15.9 Å². The monoisotopic (exact) mass is 448 g/mol. The molecule has 30 heavy (non-hydrogen) atoms. The van der Waals surface area contributed by atoms with E-state index in [4.69, 9.17) is 11.6 Å². The van der Waals surface area contributed by atoms with Crippen molar-refractivity contribution in [1.29, 1.82) is 0 Å². The predicted molar refractivity (Wildman–Crippen MR) is 121 cm³/mol. The van der Waals surface area contributed by atoms with Crippen LogP contribution in [0.2, 0.25) is 5.02 Å². The lowest BCUT2D eigenvalue weighted by Crippen LogP contribution is -2.43. The van der Waals surface area contributed by atoms with Gasteiger partial charge in [-0.3, -0.25) is 4.79 Å². The molecule has 0 aromatic heterocycles. The fraction of sp³-hybridized carbons (Fsp3) is 0.435. The van der Waals surface area contributed by atoms with Gasteiger partial charge in [-0.2, -0.15) is 0 Å². The smallest absolute Gasteiger partial charge is 0.223 e. The number of sulfonamides is 1. The standard InChI is InChI=1S/C23H29ClN2O3S/c1-16-7-8-22(17(2)13-16)18(3)25-23(27)20-9-11-26(12-10-20)30(28,29)15-19-5-4-6-21(24)14-19/h4-8,13-14,18,20H,9-12,15H2,1-3H3,(H,25,27). The van der Waals surface area contributed by atoms with E-state index in [0.717, 1.165) is 11.1 Å². The second kappa shape index (κ2) is 9.50. The van der Waals surface area contributed by atoms with E-state index in [1.165, 1.54) is 9.87 Å². The molecule has 5 nitrogen and oxygen atoms in total. The minimum Gasteiger partial charge on any atom is -0.349 e. The highest BCUT2D eigenvalue weighted by Gasteiger charge is 2.31. The Kier molecular flexibility index (Phi) is 7.22. The Hall–Kier alpha value is -1.89. The number of nitrogens with one attached hydrogen (secondary N) is 1. The summed E-state index contributed by atoms with van der Waals surface area (Å²) in [6.07, 6.45) is 1.06. The largest absolute Gasteiger partial charge is 0.349 e. The minimum absolute atomic E-state index is 0.00522. The lowest BCUT2D eigenvalue weighted by Gasteiger charge is -2.31. The number of hydrogen-bond acceptors (Lipinski definition) is 3. The molecular weight excluding hydrogens is 420 g/mol. The number of amides is 1. The Labute approximate surface area is 184 Å². The number of piperidine rings is 1. The Balaban J connectivity index is 1.56. The molecule has 3 rings (SSSR count). The van der Waals surface area contributed by atoms with Crippen LogP contribution >= 0.6 is 11.6 Å². The van der Waals surface area contributed by atoms with Crippen molar-refractivity contribution in [3.8, 4) is 0 Å². The van der Waals surface area contributed by atoms with Crippen molar-refractivity contribution in [1.82, 2.24) is 9.62 Å². The lowest BCUT2D eigenvalue weighted by atomic mass is 9.95.